The highest BCUT2D eigenvalue weighted by Crippen LogP contribution is 2.24. The Kier molecular flexibility index (Phi) is 6.52. The second kappa shape index (κ2) is 9.47. The number of hydrogen-bond acceptors (Lipinski definition) is 5. The van der Waals surface area contributed by atoms with Crippen LogP contribution in [0.5, 0.6) is 5.75 Å². The summed E-state index contributed by atoms with van der Waals surface area (Å²) < 4.78 is 44.0. The predicted molar refractivity (Wildman–Crippen MR) is 109 cm³/mol. The van der Waals surface area contributed by atoms with Crippen molar-refractivity contribution in [1.29, 1.82) is 0 Å². The molecule has 5 nitrogen and oxygen atoms in total. The molecular formula is C23H24F2N2O3. The SMILES string of the molecule is COc1ccc2nccc(CCC3OCC(NCc4cc(F)ccc4F)CO3)c2c1. The molecule has 0 radical (unpaired) electrons. The minimum atomic E-state index is -0.453. The first-order valence-electron chi connectivity index (χ1n) is 9.94. The number of pyridine rings is 1. The van der Waals surface area contributed by atoms with Gasteiger partial charge in [-0.25, -0.2) is 8.78 Å². The lowest BCUT2D eigenvalue weighted by Crippen LogP contribution is -2.44. The number of halogens is 2. The molecule has 0 bridgehead atoms. The van der Waals surface area contributed by atoms with Gasteiger partial charge in [-0.1, -0.05) is 0 Å². The second-order valence-corrected chi connectivity index (χ2v) is 7.30. The van der Waals surface area contributed by atoms with Crippen molar-refractivity contribution < 1.29 is 23.0 Å². The quantitative estimate of drug-likeness (QED) is 0.634. The van der Waals surface area contributed by atoms with Crippen LogP contribution in [-0.4, -0.2) is 37.6 Å². The zero-order chi connectivity index (χ0) is 20.9. The van der Waals surface area contributed by atoms with Crippen LogP contribution in [0.4, 0.5) is 8.78 Å². The Hall–Kier alpha value is -2.61. The summed E-state index contributed by atoms with van der Waals surface area (Å²) in [5.41, 5.74) is 2.37. The highest BCUT2D eigenvalue weighted by atomic mass is 19.1. The molecule has 0 unspecified atom stereocenters. The minimum absolute atomic E-state index is 0.0741. The van der Waals surface area contributed by atoms with Crippen molar-refractivity contribution >= 4 is 10.9 Å². The van der Waals surface area contributed by atoms with Gasteiger partial charge in [-0.15, -0.1) is 0 Å². The first-order valence-corrected chi connectivity index (χ1v) is 9.94. The average Bonchev–Trinajstić information content (AvgIpc) is 2.78. The lowest BCUT2D eigenvalue weighted by molar-refractivity contribution is -0.192. The van der Waals surface area contributed by atoms with E-state index in [1.807, 2.05) is 24.3 Å². The molecule has 0 amide bonds. The van der Waals surface area contributed by atoms with Gasteiger partial charge in [0.05, 0.1) is 31.9 Å². The largest absolute Gasteiger partial charge is 0.497 e. The molecule has 1 aliphatic rings. The molecule has 1 fully saturated rings. The normalized spacial score (nSPS) is 19.2. The Morgan fingerprint density at radius 2 is 1.90 bits per heavy atom. The zero-order valence-electron chi connectivity index (χ0n) is 16.7. The Morgan fingerprint density at radius 1 is 1.07 bits per heavy atom. The summed E-state index contributed by atoms with van der Waals surface area (Å²) in [4.78, 5) is 4.40. The molecule has 1 N–H and O–H groups in total. The molecule has 30 heavy (non-hydrogen) atoms. The molecule has 2 aromatic carbocycles. The van der Waals surface area contributed by atoms with Gasteiger partial charge in [0.15, 0.2) is 6.29 Å². The van der Waals surface area contributed by atoms with E-state index in [1.165, 1.54) is 6.07 Å². The number of nitrogens with zero attached hydrogens (tertiary/aromatic N) is 1. The van der Waals surface area contributed by atoms with Gasteiger partial charge in [-0.05, 0) is 54.4 Å². The van der Waals surface area contributed by atoms with Crippen molar-refractivity contribution in [2.45, 2.75) is 31.7 Å². The third kappa shape index (κ3) is 4.92. The van der Waals surface area contributed by atoms with Gasteiger partial charge in [0, 0.05) is 30.1 Å². The van der Waals surface area contributed by atoms with Crippen LogP contribution in [-0.2, 0) is 22.4 Å². The molecule has 2 heterocycles. The van der Waals surface area contributed by atoms with Crippen molar-refractivity contribution in [2.24, 2.45) is 0 Å². The molecule has 158 valence electrons. The number of aryl methyl sites for hydroxylation is 1. The molecule has 1 saturated heterocycles. The van der Waals surface area contributed by atoms with E-state index in [0.29, 0.717) is 19.6 Å². The van der Waals surface area contributed by atoms with E-state index in [0.717, 1.165) is 40.8 Å². The number of benzene rings is 2. The fourth-order valence-electron chi connectivity index (χ4n) is 3.56. The number of fused-ring (bicyclic) bond motifs is 1. The standard InChI is InChI=1S/C23H24F2N2O3/c1-28-19-4-6-22-20(11-19)15(8-9-26-22)2-7-23-29-13-18(14-30-23)27-12-16-10-17(24)3-5-21(16)25/h3-6,8-11,18,23,27H,2,7,12-14H2,1H3. The Bertz CT molecular complexity index is 1010. The first-order chi connectivity index (χ1) is 14.6. The minimum Gasteiger partial charge on any atom is -0.497 e. The van der Waals surface area contributed by atoms with Gasteiger partial charge in [0.2, 0.25) is 0 Å². The second-order valence-electron chi connectivity index (χ2n) is 7.30. The topological polar surface area (TPSA) is 52.6 Å². The Labute approximate surface area is 174 Å². The van der Waals surface area contributed by atoms with Crippen molar-refractivity contribution in [1.82, 2.24) is 10.3 Å². The molecule has 3 aromatic rings. The van der Waals surface area contributed by atoms with Gasteiger partial charge >= 0.3 is 0 Å². The number of rotatable bonds is 7. The summed E-state index contributed by atoms with van der Waals surface area (Å²) >= 11 is 0. The van der Waals surface area contributed by atoms with Crippen LogP contribution in [0.2, 0.25) is 0 Å². The predicted octanol–water partition coefficient (Wildman–Crippen LogP) is 3.99. The summed E-state index contributed by atoms with van der Waals surface area (Å²) in [5.74, 6) is -0.0862. The molecule has 1 aliphatic heterocycles. The number of methoxy groups -OCH3 is 1. The maximum absolute atomic E-state index is 13.7. The number of hydrogen-bond donors (Lipinski definition) is 1. The van der Waals surface area contributed by atoms with E-state index >= 15 is 0 Å². The van der Waals surface area contributed by atoms with Crippen LogP contribution in [0.15, 0.2) is 48.7 Å². The molecule has 0 atom stereocenters. The van der Waals surface area contributed by atoms with Crippen LogP contribution in [0, 0.1) is 11.6 Å². The first kappa shape index (κ1) is 20.7. The Balaban J connectivity index is 1.28. The molecule has 0 spiro atoms. The summed E-state index contributed by atoms with van der Waals surface area (Å²) in [6.45, 7) is 1.12. The highest BCUT2D eigenvalue weighted by molar-refractivity contribution is 5.83. The van der Waals surface area contributed by atoms with Crippen molar-refractivity contribution in [2.75, 3.05) is 20.3 Å². The highest BCUT2D eigenvalue weighted by Gasteiger charge is 2.22. The van der Waals surface area contributed by atoms with Gasteiger partial charge in [0.25, 0.3) is 0 Å². The Morgan fingerprint density at radius 3 is 2.70 bits per heavy atom. The third-order valence-corrected chi connectivity index (χ3v) is 5.24. The summed E-state index contributed by atoms with van der Waals surface area (Å²) in [6, 6.07) is 11.2. The number of aromatic nitrogens is 1. The van der Waals surface area contributed by atoms with Gasteiger partial charge < -0.3 is 19.5 Å². The third-order valence-electron chi connectivity index (χ3n) is 5.24. The van der Waals surface area contributed by atoms with Crippen LogP contribution in [0.25, 0.3) is 10.9 Å². The van der Waals surface area contributed by atoms with Crippen molar-refractivity contribution in [3.63, 3.8) is 0 Å². The van der Waals surface area contributed by atoms with E-state index in [-0.39, 0.29) is 24.4 Å². The average molecular weight is 414 g/mol. The summed E-state index contributed by atoms with van der Waals surface area (Å²) in [5, 5.41) is 4.22. The van der Waals surface area contributed by atoms with Crippen LogP contribution < -0.4 is 10.1 Å². The monoisotopic (exact) mass is 414 g/mol. The lowest BCUT2D eigenvalue weighted by Gasteiger charge is -2.30. The molecule has 0 aliphatic carbocycles. The number of nitrogens with one attached hydrogen (secondary N) is 1. The van der Waals surface area contributed by atoms with Crippen LogP contribution in [0.3, 0.4) is 0 Å². The van der Waals surface area contributed by atoms with E-state index < -0.39 is 11.6 Å². The van der Waals surface area contributed by atoms with Crippen LogP contribution in [0.1, 0.15) is 17.5 Å². The lowest BCUT2D eigenvalue weighted by atomic mass is 10.0. The van der Waals surface area contributed by atoms with Gasteiger partial charge in [-0.3, -0.25) is 4.98 Å². The van der Waals surface area contributed by atoms with Crippen LogP contribution >= 0.6 is 0 Å². The van der Waals surface area contributed by atoms with Crippen molar-refractivity contribution in [3.8, 4) is 5.75 Å². The van der Waals surface area contributed by atoms with Crippen molar-refractivity contribution in [3.05, 3.63) is 71.4 Å². The van der Waals surface area contributed by atoms with Gasteiger partial charge in [-0.2, -0.15) is 0 Å². The molecule has 0 saturated carbocycles. The summed E-state index contributed by atoms with van der Waals surface area (Å²) in [7, 11) is 1.65. The maximum atomic E-state index is 13.7. The van der Waals surface area contributed by atoms with E-state index in [9.17, 15) is 8.78 Å². The zero-order valence-corrected chi connectivity index (χ0v) is 16.7. The van der Waals surface area contributed by atoms with E-state index in [1.54, 1.807) is 13.3 Å². The fraction of sp³-hybridized carbons (Fsp3) is 0.348. The molecular weight excluding hydrogens is 390 g/mol. The molecule has 7 heteroatoms. The smallest absolute Gasteiger partial charge is 0.158 e. The maximum Gasteiger partial charge on any atom is 0.158 e. The van der Waals surface area contributed by atoms with Gasteiger partial charge in [0.1, 0.15) is 17.4 Å². The summed E-state index contributed by atoms with van der Waals surface area (Å²) in [6.07, 6.45) is 2.99. The molecule has 1 aromatic heterocycles. The van der Waals surface area contributed by atoms with E-state index in [2.05, 4.69) is 10.3 Å². The van der Waals surface area contributed by atoms with E-state index in [4.69, 9.17) is 14.2 Å². The number of ether oxygens (including phenoxy) is 3. The molecule has 4 rings (SSSR count). The fourth-order valence-corrected chi connectivity index (χ4v) is 3.56.